The van der Waals surface area contributed by atoms with Crippen LogP contribution in [0.2, 0.25) is 18.1 Å². The average molecular weight is 297 g/mol. The van der Waals surface area contributed by atoms with E-state index in [-0.39, 0.29) is 11.1 Å². The molecule has 0 aromatic heterocycles. The van der Waals surface area contributed by atoms with Crippen molar-refractivity contribution in [2.45, 2.75) is 104 Å². The molecule has 20 heavy (non-hydrogen) atoms. The topological polar surface area (TPSA) is 9.23 Å². The third kappa shape index (κ3) is 8.82. The molecule has 0 rings (SSSR count). The predicted octanol–water partition coefficient (Wildman–Crippen LogP) is 6.15. The maximum atomic E-state index is 6.23. The van der Waals surface area contributed by atoms with Gasteiger partial charge < -0.3 is 4.43 Å². The van der Waals surface area contributed by atoms with Crippen LogP contribution in [0, 0.1) is 11.8 Å². The van der Waals surface area contributed by atoms with Gasteiger partial charge in [-0.2, -0.15) is 0 Å². The molecule has 0 radical (unpaired) electrons. The van der Waals surface area contributed by atoms with Gasteiger partial charge in [0.25, 0.3) is 0 Å². The molecule has 0 saturated heterocycles. The smallest absolute Gasteiger partial charge is 0.193 e. The maximum absolute atomic E-state index is 6.23. The van der Waals surface area contributed by atoms with Gasteiger partial charge in [0, 0.05) is 6.42 Å². The summed E-state index contributed by atoms with van der Waals surface area (Å²) in [5.41, 5.74) is 0. The summed E-state index contributed by atoms with van der Waals surface area (Å²) in [5.74, 6) is 6.57. The predicted molar refractivity (Wildman–Crippen MR) is 93.5 cm³/mol. The van der Waals surface area contributed by atoms with Crippen LogP contribution in [0.25, 0.3) is 0 Å². The van der Waals surface area contributed by atoms with E-state index in [0.29, 0.717) is 0 Å². The fraction of sp³-hybridized carbons (Fsp3) is 0.889. The molecule has 0 aliphatic heterocycles. The second-order valence-electron chi connectivity index (χ2n) is 7.36. The highest BCUT2D eigenvalue weighted by Crippen LogP contribution is 2.37. The molecule has 2 heteroatoms. The molecule has 0 N–H and O–H groups in total. The Balaban J connectivity index is 3.88. The van der Waals surface area contributed by atoms with Crippen LogP contribution in [0.15, 0.2) is 0 Å². The van der Waals surface area contributed by atoms with Crippen LogP contribution >= 0.6 is 0 Å². The zero-order valence-electron chi connectivity index (χ0n) is 14.9. The summed E-state index contributed by atoms with van der Waals surface area (Å²) in [6.45, 7) is 15.8. The molecule has 0 unspecified atom stereocenters. The summed E-state index contributed by atoms with van der Waals surface area (Å²) < 4.78 is 6.23. The van der Waals surface area contributed by atoms with E-state index in [1.807, 2.05) is 0 Å². The lowest BCUT2D eigenvalue weighted by atomic mass is 10.1. The Morgan fingerprint density at radius 3 is 2.10 bits per heavy atom. The fourth-order valence-corrected chi connectivity index (χ4v) is 3.15. The summed E-state index contributed by atoms with van der Waals surface area (Å²) >= 11 is 0. The van der Waals surface area contributed by atoms with E-state index in [2.05, 4.69) is 59.6 Å². The first-order chi connectivity index (χ1) is 9.20. The quantitative estimate of drug-likeness (QED) is 0.296. The van der Waals surface area contributed by atoms with E-state index in [1.165, 1.54) is 38.5 Å². The summed E-state index contributed by atoms with van der Waals surface area (Å²) in [5, 5.41) is 0.266. The Kier molecular flexibility index (Phi) is 9.51. The van der Waals surface area contributed by atoms with E-state index < -0.39 is 8.32 Å². The molecule has 0 spiro atoms. The second-order valence-corrected chi connectivity index (χ2v) is 12.1. The molecule has 0 aromatic carbocycles. The lowest BCUT2D eigenvalue weighted by Crippen LogP contribution is -2.43. The van der Waals surface area contributed by atoms with Crippen LogP contribution in [0.3, 0.4) is 0 Å². The van der Waals surface area contributed by atoms with E-state index in [0.717, 1.165) is 6.42 Å². The minimum absolute atomic E-state index is 0.0796. The number of hydrogen-bond acceptors (Lipinski definition) is 1. The van der Waals surface area contributed by atoms with Gasteiger partial charge in [-0.3, -0.25) is 0 Å². The van der Waals surface area contributed by atoms with Crippen molar-refractivity contribution in [3.05, 3.63) is 0 Å². The van der Waals surface area contributed by atoms with Crippen molar-refractivity contribution in [3.8, 4) is 11.8 Å². The van der Waals surface area contributed by atoms with E-state index >= 15 is 0 Å². The Labute approximate surface area is 129 Å². The highest BCUT2D eigenvalue weighted by Gasteiger charge is 2.38. The minimum Gasteiger partial charge on any atom is -0.404 e. The van der Waals surface area contributed by atoms with Crippen molar-refractivity contribution in [2.75, 3.05) is 0 Å². The van der Waals surface area contributed by atoms with E-state index in [1.54, 1.807) is 0 Å². The van der Waals surface area contributed by atoms with E-state index in [9.17, 15) is 0 Å². The summed E-state index contributed by atoms with van der Waals surface area (Å²) in [6.07, 6.45) is 9.12. The summed E-state index contributed by atoms with van der Waals surface area (Å²) in [4.78, 5) is 0. The zero-order chi connectivity index (χ0) is 15.6. The molecule has 0 amide bonds. The van der Waals surface area contributed by atoms with Crippen molar-refractivity contribution in [2.24, 2.45) is 0 Å². The van der Waals surface area contributed by atoms with Crippen molar-refractivity contribution in [3.63, 3.8) is 0 Å². The number of hydrogen-bond donors (Lipinski definition) is 0. The fourth-order valence-electron chi connectivity index (χ4n) is 1.86. The second kappa shape index (κ2) is 9.63. The van der Waals surface area contributed by atoms with Gasteiger partial charge >= 0.3 is 0 Å². The van der Waals surface area contributed by atoms with Crippen LogP contribution in [0.4, 0.5) is 0 Å². The Morgan fingerprint density at radius 2 is 1.55 bits per heavy atom. The monoisotopic (exact) mass is 296 g/mol. The first-order valence-corrected chi connectivity index (χ1v) is 11.3. The van der Waals surface area contributed by atoms with Crippen molar-refractivity contribution >= 4 is 8.32 Å². The molecule has 0 bridgehead atoms. The minimum atomic E-state index is -1.66. The molecule has 1 nitrogen and oxygen atoms in total. The molecule has 0 heterocycles. The lowest BCUT2D eigenvalue weighted by Gasteiger charge is -2.37. The van der Waals surface area contributed by atoms with Crippen molar-refractivity contribution in [1.82, 2.24) is 0 Å². The first kappa shape index (κ1) is 19.7. The van der Waals surface area contributed by atoms with Crippen molar-refractivity contribution < 1.29 is 4.43 Å². The van der Waals surface area contributed by atoms with Gasteiger partial charge in [0.2, 0.25) is 0 Å². The van der Waals surface area contributed by atoms with Gasteiger partial charge in [0.1, 0.15) is 6.10 Å². The van der Waals surface area contributed by atoms with Crippen LogP contribution in [-0.2, 0) is 4.43 Å². The largest absolute Gasteiger partial charge is 0.404 e. The zero-order valence-corrected chi connectivity index (χ0v) is 15.9. The maximum Gasteiger partial charge on any atom is 0.193 e. The van der Waals surface area contributed by atoms with Gasteiger partial charge in [-0.1, -0.05) is 65.7 Å². The normalized spacial score (nSPS) is 13.8. The standard InChI is InChI=1S/C18H36OSi/c1-8-9-10-11-12-13-14-15-16-17(2)19-20(6,7)18(3,4)5/h17H,8-14H2,1-7H3/t17-/m0/s1. The van der Waals surface area contributed by atoms with Crippen LogP contribution < -0.4 is 0 Å². The molecule has 1 atom stereocenters. The average Bonchev–Trinajstić information content (AvgIpc) is 2.30. The van der Waals surface area contributed by atoms with Gasteiger partial charge in [0.15, 0.2) is 8.32 Å². The van der Waals surface area contributed by atoms with Crippen LogP contribution in [0.1, 0.15) is 79.6 Å². The number of rotatable bonds is 8. The van der Waals surface area contributed by atoms with Crippen LogP contribution in [0.5, 0.6) is 0 Å². The highest BCUT2D eigenvalue weighted by molar-refractivity contribution is 6.74. The van der Waals surface area contributed by atoms with Gasteiger partial charge in [0.05, 0.1) is 0 Å². The molecule has 0 aliphatic rings. The first-order valence-electron chi connectivity index (χ1n) is 8.37. The van der Waals surface area contributed by atoms with Crippen molar-refractivity contribution in [1.29, 1.82) is 0 Å². The third-order valence-electron chi connectivity index (χ3n) is 4.24. The van der Waals surface area contributed by atoms with Gasteiger partial charge in [-0.15, -0.1) is 5.92 Å². The molecule has 0 aromatic rings. The third-order valence-corrected chi connectivity index (χ3v) is 8.79. The molecule has 118 valence electrons. The Hall–Kier alpha value is -0.263. The van der Waals surface area contributed by atoms with E-state index in [4.69, 9.17) is 4.43 Å². The molecular weight excluding hydrogens is 260 g/mol. The summed E-state index contributed by atoms with van der Waals surface area (Å²) in [6, 6.07) is 0. The SMILES string of the molecule is CCCCCCCCC#C[C@H](C)O[Si](C)(C)C(C)(C)C. The Morgan fingerprint density at radius 1 is 1.00 bits per heavy atom. The highest BCUT2D eigenvalue weighted by atomic mass is 28.4. The molecule has 0 fully saturated rings. The summed E-state index contributed by atoms with van der Waals surface area (Å²) in [7, 11) is -1.66. The molecular formula is C18H36OSi. The lowest BCUT2D eigenvalue weighted by molar-refractivity contribution is 0.251. The number of unbranched alkanes of at least 4 members (excludes halogenated alkanes) is 6. The van der Waals surface area contributed by atoms with Gasteiger partial charge in [-0.05, 0) is 31.5 Å². The Bertz CT molecular complexity index is 304. The molecule has 0 aliphatic carbocycles. The van der Waals surface area contributed by atoms with Gasteiger partial charge in [-0.25, -0.2) is 0 Å². The van der Waals surface area contributed by atoms with Crippen LogP contribution in [-0.4, -0.2) is 14.4 Å². The molecule has 0 saturated carbocycles.